The molecule has 1 aliphatic rings. The zero-order chi connectivity index (χ0) is 34.8. The molecule has 0 saturated carbocycles. The summed E-state index contributed by atoms with van der Waals surface area (Å²) in [6.45, 7) is 26.5. The highest BCUT2D eigenvalue weighted by atomic mass is 28.4. The molecule has 256 valence electrons. The van der Waals surface area contributed by atoms with Crippen molar-refractivity contribution < 1.29 is 23.2 Å². The number of nitrogens with one attached hydrogen (secondary N) is 1. The first-order valence-corrected chi connectivity index (χ1v) is 22.7. The van der Waals surface area contributed by atoms with E-state index < -0.39 is 22.7 Å². The lowest BCUT2D eigenvalue weighted by atomic mass is 9.93. The van der Waals surface area contributed by atoms with Crippen LogP contribution in [0, 0.1) is 5.92 Å². The van der Waals surface area contributed by atoms with E-state index in [0.717, 1.165) is 18.4 Å². The molecule has 1 aromatic carbocycles. The summed E-state index contributed by atoms with van der Waals surface area (Å²) < 4.78 is 20.1. The van der Waals surface area contributed by atoms with E-state index in [-0.39, 0.29) is 34.0 Å². The summed E-state index contributed by atoms with van der Waals surface area (Å²) in [5.74, 6) is 0.217. The molecule has 6 nitrogen and oxygen atoms in total. The molecule has 0 bridgehead atoms. The highest BCUT2D eigenvalue weighted by molar-refractivity contribution is 6.75. The Bertz CT molecular complexity index is 1280. The van der Waals surface area contributed by atoms with E-state index in [1.54, 1.807) is 12.3 Å². The number of hydrogen-bond acceptors (Lipinski definition) is 5. The Balaban J connectivity index is 2.50. The van der Waals surface area contributed by atoms with Gasteiger partial charge in [-0.3, -0.25) is 4.79 Å². The van der Waals surface area contributed by atoms with E-state index in [1.807, 2.05) is 43.4 Å². The van der Waals surface area contributed by atoms with Crippen LogP contribution in [0.3, 0.4) is 0 Å². The number of benzene rings is 1. The molecule has 2 rings (SSSR count). The second-order valence-electron chi connectivity index (χ2n) is 15.6. The van der Waals surface area contributed by atoms with E-state index in [9.17, 15) is 9.59 Å². The Kier molecular flexibility index (Phi) is 14.5. The minimum Gasteiger partial charge on any atom is -0.543 e. The zero-order valence-corrected chi connectivity index (χ0v) is 32.7. The summed E-state index contributed by atoms with van der Waals surface area (Å²) in [5, 5.41) is 2.80. The SMILES string of the molecule is CCC=C/C=C\C(=O)N/C=C/CC1C[C@@H](O[Si](C)(C)C(C)(C)C)[C@@H](C)C/C=C/Cc2cccc(O[Si](C)(C)C(C)(C)C)c2C(=O)O1. The second-order valence-corrected chi connectivity index (χ2v) is 25.0. The van der Waals surface area contributed by atoms with Crippen LogP contribution in [0.15, 0.2) is 66.9 Å². The molecule has 0 saturated heterocycles. The van der Waals surface area contributed by atoms with Gasteiger partial charge in [0.05, 0.1) is 6.10 Å². The second kappa shape index (κ2) is 16.9. The molecule has 0 spiro atoms. The fourth-order valence-electron chi connectivity index (χ4n) is 4.54. The molecule has 0 radical (unpaired) electrons. The lowest BCUT2D eigenvalue weighted by Gasteiger charge is -2.41. The third kappa shape index (κ3) is 11.8. The number of rotatable bonds is 10. The van der Waals surface area contributed by atoms with Gasteiger partial charge in [0.2, 0.25) is 5.91 Å². The number of fused-ring (bicyclic) bond motifs is 1. The molecular formula is C38H61NO5Si2. The van der Waals surface area contributed by atoms with Gasteiger partial charge in [0.25, 0.3) is 8.32 Å². The van der Waals surface area contributed by atoms with E-state index in [4.69, 9.17) is 13.6 Å². The molecule has 8 heteroatoms. The first-order valence-electron chi connectivity index (χ1n) is 16.9. The number of allylic oxidation sites excluding steroid dienone is 5. The maximum absolute atomic E-state index is 14.2. The van der Waals surface area contributed by atoms with Crippen molar-refractivity contribution >= 4 is 28.5 Å². The van der Waals surface area contributed by atoms with Crippen LogP contribution in [0.2, 0.25) is 36.3 Å². The van der Waals surface area contributed by atoms with Crippen LogP contribution in [0.5, 0.6) is 5.75 Å². The molecule has 1 aliphatic heterocycles. The smallest absolute Gasteiger partial charge is 0.342 e. The Hall–Kier alpha value is -2.69. The standard InChI is InChI=1S/C38H61NO5Si2/c1-13-14-15-16-26-34(40)39-27-20-24-31-28-33(44-46(11,12)38(6,7)8)29(2)21-17-18-22-30-23-19-25-32(35(30)36(41)42-31)43-45(9,10)37(3,4)5/h14-20,23,25-27,29,31,33H,13,21-22,24,28H2,1-12H3,(H,39,40)/b15-14?,18-17+,26-16-,27-20+/t29-,31?,33+/m0/s1. The molecule has 0 fully saturated rings. The van der Waals surface area contributed by atoms with E-state index in [0.29, 0.717) is 30.6 Å². The average molecular weight is 668 g/mol. The van der Waals surface area contributed by atoms with Crippen LogP contribution in [-0.2, 0) is 20.4 Å². The minimum atomic E-state index is -2.24. The van der Waals surface area contributed by atoms with Crippen LogP contribution < -0.4 is 9.74 Å². The predicted octanol–water partition coefficient (Wildman–Crippen LogP) is 10.1. The lowest BCUT2D eigenvalue weighted by molar-refractivity contribution is -0.115. The van der Waals surface area contributed by atoms with Gasteiger partial charge in [-0.1, -0.05) is 104 Å². The van der Waals surface area contributed by atoms with Gasteiger partial charge in [-0.15, -0.1) is 0 Å². The van der Waals surface area contributed by atoms with Crippen LogP contribution >= 0.6 is 0 Å². The number of cyclic esters (lactones) is 1. The zero-order valence-electron chi connectivity index (χ0n) is 30.7. The van der Waals surface area contributed by atoms with E-state index in [1.165, 1.54) is 6.08 Å². The molecule has 1 aromatic rings. The maximum atomic E-state index is 14.2. The Labute approximate surface area is 282 Å². The molecule has 0 aliphatic carbocycles. The Morgan fingerprint density at radius 2 is 1.67 bits per heavy atom. The van der Waals surface area contributed by atoms with Gasteiger partial charge in [0.1, 0.15) is 17.4 Å². The summed E-state index contributed by atoms with van der Waals surface area (Å²) in [6.07, 6.45) is 17.7. The molecule has 1 unspecified atom stereocenters. The highest BCUT2D eigenvalue weighted by Crippen LogP contribution is 2.41. The third-order valence-corrected chi connectivity index (χ3v) is 18.5. The normalized spacial score (nSPS) is 21.5. The van der Waals surface area contributed by atoms with Gasteiger partial charge in [-0.2, -0.15) is 0 Å². The molecule has 0 aromatic heterocycles. The topological polar surface area (TPSA) is 73.9 Å². The summed E-state index contributed by atoms with van der Waals surface area (Å²) >= 11 is 0. The molecule has 1 heterocycles. The largest absolute Gasteiger partial charge is 0.543 e. The van der Waals surface area contributed by atoms with Gasteiger partial charge in [-0.25, -0.2) is 4.79 Å². The molecule has 3 atom stereocenters. The third-order valence-electron chi connectivity index (χ3n) is 9.63. The van der Waals surface area contributed by atoms with Crippen molar-refractivity contribution in [1.29, 1.82) is 0 Å². The van der Waals surface area contributed by atoms with Crippen LogP contribution in [0.4, 0.5) is 0 Å². The summed E-state index contributed by atoms with van der Waals surface area (Å²) in [7, 11) is -4.36. The first kappa shape index (κ1) is 39.5. The van der Waals surface area contributed by atoms with Crippen LogP contribution in [0.25, 0.3) is 0 Å². The number of carbonyl (C=O) groups excluding carboxylic acids is 2. The summed E-state index contributed by atoms with van der Waals surface area (Å²) in [5.41, 5.74) is 1.39. The predicted molar refractivity (Wildman–Crippen MR) is 197 cm³/mol. The van der Waals surface area contributed by atoms with E-state index in [2.05, 4.69) is 92.1 Å². The maximum Gasteiger partial charge on any atom is 0.342 e. The Morgan fingerprint density at radius 1 is 1.00 bits per heavy atom. The van der Waals surface area contributed by atoms with Gasteiger partial charge in [0, 0.05) is 25.1 Å². The fraction of sp³-hybridized carbons (Fsp3) is 0.579. The minimum absolute atomic E-state index is 0.0331. The van der Waals surface area contributed by atoms with E-state index >= 15 is 0 Å². The monoisotopic (exact) mass is 667 g/mol. The number of amides is 1. The van der Waals surface area contributed by atoms with Crippen molar-refractivity contribution in [3.8, 4) is 5.75 Å². The number of carbonyl (C=O) groups is 2. The van der Waals surface area contributed by atoms with Gasteiger partial charge >= 0.3 is 5.97 Å². The van der Waals surface area contributed by atoms with Crippen molar-refractivity contribution in [1.82, 2.24) is 5.32 Å². The molecule has 1 amide bonds. The van der Waals surface area contributed by atoms with Crippen molar-refractivity contribution in [3.63, 3.8) is 0 Å². The van der Waals surface area contributed by atoms with Crippen LogP contribution in [-0.4, -0.2) is 40.7 Å². The van der Waals surface area contributed by atoms with Gasteiger partial charge < -0.3 is 18.9 Å². The highest BCUT2D eigenvalue weighted by Gasteiger charge is 2.42. The quantitative estimate of drug-likeness (QED) is 0.0884. The summed E-state index contributed by atoms with van der Waals surface area (Å²) in [4.78, 5) is 26.4. The van der Waals surface area contributed by atoms with Gasteiger partial charge in [0.15, 0.2) is 8.32 Å². The van der Waals surface area contributed by atoms with Crippen LogP contribution in [0.1, 0.15) is 97.0 Å². The molecular weight excluding hydrogens is 607 g/mol. The van der Waals surface area contributed by atoms with Crippen molar-refractivity contribution in [2.24, 2.45) is 5.92 Å². The Morgan fingerprint density at radius 3 is 2.30 bits per heavy atom. The number of esters is 1. The molecule has 46 heavy (non-hydrogen) atoms. The first-order chi connectivity index (χ1) is 21.3. The average Bonchev–Trinajstić information content (AvgIpc) is 2.93. The number of ether oxygens (including phenoxy) is 1. The van der Waals surface area contributed by atoms with Crippen molar-refractivity contribution in [2.45, 2.75) is 136 Å². The number of hydrogen-bond donors (Lipinski definition) is 1. The summed E-state index contributed by atoms with van der Waals surface area (Å²) in [6, 6.07) is 5.86. The van der Waals surface area contributed by atoms with Gasteiger partial charge in [-0.05, 0) is 73.1 Å². The van der Waals surface area contributed by atoms with Crippen molar-refractivity contribution in [3.05, 3.63) is 78.1 Å². The van der Waals surface area contributed by atoms with Crippen molar-refractivity contribution in [2.75, 3.05) is 0 Å². The lowest BCUT2D eigenvalue weighted by Crippen LogP contribution is -2.46. The fourth-order valence-corrected chi connectivity index (χ4v) is 7.01. The molecule has 1 N–H and O–H groups in total.